The second kappa shape index (κ2) is 8.04. The molecule has 2 N–H and O–H groups in total. The van der Waals surface area contributed by atoms with Gasteiger partial charge in [-0.3, -0.25) is 9.52 Å². The van der Waals surface area contributed by atoms with Crippen LogP contribution in [0.25, 0.3) is 0 Å². The molecule has 2 rings (SSSR count). The van der Waals surface area contributed by atoms with Crippen molar-refractivity contribution in [1.82, 2.24) is 10.3 Å². The molecule has 0 radical (unpaired) electrons. The summed E-state index contributed by atoms with van der Waals surface area (Å²) in [5, 5.41) is 4.56. The molecule has 1 aromatic carbocycles. The Balaban J connectivity index is 1.96. The lowest BCUT2D eigenvalue weighted by atomic mass is 10.3. The number of thiazole rings is 1. The fourth-order valence-corrected chi connectivity index (χ4v) is 3.71. The summed E-state index contributed by atoms with van der Waals surface area (Å²) in [6.45, 7) is 0.859. The molecule has 0 aliphatic heterocycles. The summed E-state index contributed by atoms with van der Waals surface area (Å²) in [6.07, 6.45) is 0.0906. The number of nitrogens with one attached hydrogen (secondary N) is 2. The van der Waals surface area contributed by atoms with Crippen molar-refractivity contribution in [3.63, 3.8) is 0 Å². The second-order valence-electron chi connectivity index (χ2n) is 4.58. The van der Waals surface area contributed by atoms with E-state index in [0.717, 1.165) is 11.3 Å². The van der Waals surface area contributed by atoms with Crippen LogP contribution >= 0.6 is 11.3 Å². The summed E-state index contributed by atoms with van der Waals surface area (Å²) in [6, 6.07) is 8.03. The van der Waals surface area contributed by atoms with Crippen LogP contribution in [-0.4, -0.2) is 39.6 Å². The van der Waals surface area contributed by atoms with Gasteiger partial charge in [0.2, 0.25) is 5.91 Å². The lowest BCUT2D eigenvalue weighted by molar-refractivity contribution is -0.120. The quantitative estimate of drug-likeness (QED) is 0.695. The smallest absolute Gasteiger partial charge is 0.263 e. The number of hydrogen-bond donors (Lipinski definition) is 2. The van der Waals surface area contributed by atoms with Gasteiger partial charge in [0.05, 0.1) is 23.6 Å². The average molecular weight is 355 g/mol. The van der Waals surface area contributed by atoms with Crippen LogP contribution in [0.3, 0.4) is 0 Å². The Kier molecular flexibility index (Phi) is 6.08. The minimum atomic E-state index is -3.67. The van der Waals surface area contributed by atoms with E-state index in [1.807, 2.05) is 0 Å². The monoisotopic (exact) mass is 355 g/mol. The molecular weight excluding hydrogens is 338 g/mol. The van der Waals surface area contributed by atoms with Crippen LogP contribution in [0.5, 0.6) is 0 Å². The van der Waals surface area contributed by atoms with Crippen LogP contribution in [0, 0.1) is 0 Å². The summed E-state index contributed by atoms with van der Waals surface area (Å²) in [4.78, 5) is 15.9. The number of carbonyl (C=O) groups is 1. The molecule has 0 spiro atoms. The zero-order chi connectivity index (χ0) is 16.7. The largest absolute Gasteiger partial charge is 0.383 e. The number of ether oxygens (including phenoxy) is 1. The van der Waals surface area contributed by atoms with E-state index in [0.29, 0.717) is 18.8 Å². The third kappa shape index (κ3) is 5.31. The minimum Gasteiger partial charge on any atom is -0.383 e. The van der Waals surface area contributed by atoms with Crippen molar-refractivity contribution in [3.05, 3.63) is 41.4 Å². The van der Waals surface area contributed by atoms with Gasteiger partial charge in [0.15, 0.2) is 5.13 Å². The zero-order valence-corrected chi connectivity index (χ0v) is 14.1. The lowest BCUT2D eigenvalue weighted by Gasteiger charge is -2.04. The molecule has 2 aromatic rings. The van der Waals surface area contributed by atoms with Gasteiger partial charge in [-0.1, -0.05) is 18.2 Å². The van der Waals surface area contributed by atoms with Crippen LogP contribution in [-0.2, 0) is 26.0 Å². The molecule has 124 valence electrons. The van der Waals surface area contributed by atoms with Crippen LogP contribution in [0.15, 0.2) is 40.6 Å². The number of aromatic nitrogens is 1. The normalized spacial score (nSPS) is 11.2. The van der Waals surface area contributed by atoms with E-state index in [1.54, 1.807) is 30.7 Å². The number of rotatable bonds is 8. The fraction of sp³-hybridized carbons (Fsp3) is 0.286. The molecular formula is C14H17N3O4S2. The summed E-state index contributed by atoms with van der Waals surface area (Å²) in [5.41, 5.74) is 0.510. The molecule has 0 aliphatic carbocycles. The van der Waals surface area contributed by atoms with Gasteiger partial charge in [-0.15, -0.1) is 11.3 Å². The molecule has 1 heterocycles. The van der Waals surface area contributed by atoms with E-state index in [9.17, 15) is 13.2 Å². The Morgan fingerprint density at radius 3 is 2.74 bits per heavy atom. The number of hydrogen-bond acceptors (Lipinski definition) is 6. The molecule has 0 bridgehead atoms. The maximum atomic E-state index is 12.2. The third-order valence-corrected chi connectivity index (χ3v) is 5.09. The van der Waals surface area contributed by atoms with Gasteiger partial charge in [-0.2, -0.15) is 0 Å². The molecule has 0 unspecified atom stereocenters. The summed E-state index contributed by atoms with van der Waals surface area (Å²) >= 11 is 1.14. The second-order valence-corrected chi connectivity index (χ2v) is 7.12. The van der Waals surface area contributed by atoms with Gasteiger partial charge in [0.1, 0.15) is 0 Å². The van der Waals surface area contributed by atoms with E-state index >= 15 is 0 Å². The highest BCUT2D eigenvalue weighted by Crippen LogP contribution is 2.20. The van der Waals surface area contributed by atoms with Gasteiger partial charge < -0.3 is 10.1 Å². The molecule has 0 saturated carbocycles. The highest BCUT2D eigenvalue weighted by molar-refractivity contribution is 7.93. The molecule has 0 atom stereocenters. The van der Waals surface area contributed by atoms with Crippen molar-refractivity contribution in [2.75, 3.05) is 25.0 Å². The summed E-state index contributed by atoms with van der Waals surface area (Å²) in [7, 11) is -2.11. The highest BCUT2D eigenvalue weighted by Gasteiger charge is 2.16. The number of anilines is 1. The average Bonchev–Trinajstić information content (AvgIpc) is 2.94. The molecule has 0 saturated heterocycles. The van der Waals surface area contributed by atoms with Crippen LogP contribution in [0.2, 0.25) is 0 Å². The van der Waals surface area contributed by atoms with E-state index < -0.39 is 10.0 Å². The maximum Gasteiger partial charge on any atom is 0.263 e. The molecule has 7 nitrogen and oxygen atoms in total. The van der Waals surface area contributed by atoms with Crippen LogP contribution in [0.1, 0.15) is 5.69 Å². The number of nitrogens with zero attached hydrogens (tertiary/aromatic N) is 1. The molecule has 9 heteroatoms. The first-order valence-corrected chi connectivity index (χ1v) is 9.15. The fourth-order valence-electron chi connectivity index (χ4n) is 1.73. The van der Waals surface area contributed by atoms with E-state index in [-0.39, 0.29) is 22.4 Å². The van der Waals surface area contributed by atoms with E-state index in [2.05, 4.69) is 15.0 Å². The van der Waals surface area contributed by atoms with Crippen molar-refractivity contribution in [2.45, 2.75) is 11.3 Å². The first kappa shape index (κ1) is 17.4. The number of carbonyl (C=O) groups excluding carboxylic acids is 1. The van der Waals surface area contributed by atoms with E-state index in [1.165, 1.54) is 12.1 Å². The molecule has 1 aromatic heterocycles. The number of benzene rings is 1. The standard InChI is InChI=1S/C14H17N3O4S2/c1-21-8-7-15-13(18)9-11-10-22-14(16-11)17-23(19,20)12-5-3-2-4-6-12/h2-6,10H,7-9H2,1H3,(H,15,18)(H,16,17). The van der Waals surface area contributed by atoms with Gasteiger partial charge in [0.25, 0.3) is 10.0 Å². The summed E-state index contributed by atoms with van der Waals surface area (Å²) in [5.74, 6) is -0.190. The van der Waals surface area contributed by atoms with Gasteiger partial charge in [-0.25, -0.2) is 13.4 Å². The Labute approximate surface area is 138 Å². The van der Waals surface area contributed by atoms with Crippen molar-refractivity contribution >= 4 is 32.4 Å². The van der Waals surface area contributed by atoms with Gasteiger partial charge in [0, 0.05) is 19.0 Å². The number of sulfonamides is 1. The van der Waals surface area contributed by atoms with Crippen LogP contribution in [0.4, 0.5) is 5.13 Å². The van der Waals surface area contributed by atoms with Crippen molar-refractivity contribution < 1.29 is 17.9 Å². The molecule has 0 aliphatic rings. The van der Waals surface area contributed by atoms with Crippen molar-refractivity contribution in [3.8, 4) is 0 Å². The van der Waals surface area contributed by atoms with Gasteiger partial charge in [-0.05, 0) is 12.1 Å². The zero-order valence-electron chi connectivity index (χ0n) is 12.5. The number of amides is 1. The molecule has 23 heavy (non-hydrogen) atoms. The Morgan fingerprint density at radius 2 is 2.04 bits per heavy atom. The Hall–Kier alpha value is -1.97. The van der Waals surface area contributed by atoms with Crippen molar-refractivity contribution in [2.24, 2.45) is 0 Å². The topological polar surface area (TPSA) is 97.4 Å². The van der Waals surface area contributed by atoms with E-state index in [4.69, 9.17) is 4.74 Å². The Bertz CT molecular complexity index is 744. The first-order chi connectivity index (χ1) is 11.0. The molecule has 0 fully saturated rings. The maximum absolute atomic E-state index is 12.2. The minimum absolute atomic E-state index is 0.0906. The first-order valence-electron chi connectivity index (χ1n) is 6.79. The lowest BCUT2D eigenvalue weighted by Crippen LogP contribution is -2.28. The number of methoxy groups -OCH3 is 1. The van der Waals surface area contributed by atoms with Gasteiger partial charge >= 0.3 is 0 Å². The molecule has 1 amide bonds. The van der Waals surface area contributed by atoms with Crippen molar-refractivity contribution in [1.29, 1.82) is 0 Å². The predicted octanol–water partition coefficient (Wildman–Crippen LogP) is 1.25. The SMILES string of the molecule is COCCNC(=O)Cc1csc(NS(=O)(=O)c2ccccc2)n1. The summed E-state index contributed by atoms with van der Waals surface area (Å²) < 4.78 is 31.6. The predicted molar refractivity (Wildman–Crippen MR) is 88.0 cm³/mol. The highest BCUT2D eigenvalue weighted by atomic mass is 32.2. The van der Waals surface area contributed by atoms with Crippen LogP contribution < -0.4 is 10.0 Å². The Morgan fingerprint density at radius 1 is 1.30 bits per heavy atom. The third-order valence-electron chi connectivity index (χ3n) is 2.80.